The highest BCUT2D eigenvalue weighted by Crippen LogP contribution is 2.23. The zero-order valence-corrected chi connectivity index (χ0v) is 15.7. The summed E-state index contributed by atoms with van der Waals surface area (Å²) < 4.78 is 0. The minimum Gasteiger partial charge on any atom is -0.337 e. The first-order valence-corrected chi connectivity index (χ1v) is 9.31. The van der Waals surface area contributed by atoms with Crippen molar-refractivity contribution in [1.82, 2.24) is 25.2 Å². The molecule has 0 atom stereocenters. The van der Waals surface area contributed by atoms with Gasteiger partial charge in [-0.1, -0.05) is 20.8 Å². The Morgan fingerprint density at radius 1 is 1.20 bits per heavy atom. The lowest BCUT2D eigenvalue weighted by Gasteiger charge is -2.34. The van der Waals surface area contributed by atoms with Crippen LogP contribution in [0, 0.1) is 0 Å². The average molecular weight is 360 g/mol. The first kappa shape index (κ1) is 17.6. The highest BCUT2D eigenvalue weighted by Gasteiger charge is 2.23. The second kappa shape index (κ2) is 7.35. The summed E-state index contributed by atoms with van der Waals surface area (Å²) in [6.07, 6.45) is 3.47. The number of aromatic nitrogens is 3. The zero-order chi connectivity index (χ0) is 17.9. The first-order chi connectivity index (χ1) is 11.9. The lowest BCUT2D eigenvalue weighted by atomic mass is 9.93. The summed E-state index contributed by atoms with van der Waals surface area (Å²) in [4.78, 5) is 29.4. The average Bonchev–Trinajstić information content (AvgIpc) is 3.10. The molecule has 0 spiro atoms. The number of carbonyl (C=O) groups excluding carboxylic acids is 1. The highest BCUT2D eigenvalue weighted by molar-refractivity contribution is 7.09. The molecule has 3 heterocycles. The van der Waals surface area contributed by atoms with Gasteiger partial charge in [-0.3, -0.25) is 0 Å². The number of carbonyl (C=O) groups is 1. The van der Waals surface area contributed by atoms with Crippen LogP contribution in [0.3, 0.4) is 0 Å². The summed E-state index contributed by atoms with van der Waals surface area (Å²) in [5.74, 6) is 0.722. The van der Waals surface area contributed by atoms with E-state index in [4.69, 9.17) is 0 Å². The van der Waals surface area contributed by atoms with Crippen LogP contribution in [-0.4, -0.2) is 52.1 Å². The molecule has 1 aliphatic heterocycles. The highest BCUT2D eigenvalue weighted by atomic mass is 32.1. The SMILES string of the molecule is CC(C)(C)c1csc(CNC(=O)N2CCN(c3ncccn3)CC2)n1. The monoisotopic (exact) mass is 360 g/mol. The number of anilines is 1. The maximum absolute atomic E-state index is 12.4. The number of amides is 2. The van der Waals surface area contributed by atoms with Crippen molar-refractivity contribution in [2.24, 2.45) is 0 Å². The fourth-order valence-corrected chi connectivity index (χ4v) is 3.52. The van der Waals surface area contributed by atoms with Gasteiger partial charge in [-0.15, -0.1) is 11.3 Å². The topological polar surface area (TPSA) is 74.2 Å². The second-order valence-corrected chi connectivity index (χ2v) is 8.00. The van der Waals surface area contributed by atoms with Crippen LogP contribution < -0.4 is 10.2 Å². The number of piperazine rings is 1. The molecule has 3 rings (SSSR count). The Morgan fingerprint density at radius 3 is 2.48 bits per heavy atom. The van der Waals surface area contributed by atoms with Gasteiger partial charge in [-0.05, 0) is 6.07 Å². The smallest absolute Gasteiger partial charge is 0.317 e. The quantitative estimate of drug-likeness (QED) is 0.909. The van der Waals surface area contributed by atoms with Gasteiger partial charge in [0, 0.05) is 49.4 Å². The second-order valence-electron chi connectivity index (χ2n) is 7.06. The Balaban J connectivity index is 1.47. The van der Waals surface area contributed by atoms with Gasteiger partial charge in [0.1, 0.15) is 5.01 Å². The molecule has 8 heteroatoms. The number of nitrogens with zero attached hydrogens (tertiary/aromatic N) is 5. The number of nitrogens with one attached hydrogen (secondary N) is 1. The van der Waals surface area contributed by atoms with E-state index in [2.05, 4.69) is 51.3 Å². The molecular formula is C17H24N6OS. The van der Waals surface area contributed by atoms with Gasteiger partial charge in [0.25, 0.3) is 0 Å². The van der Waals surface area contributed by atoms with Crippen molar-refractivity contribution in [2.45, 2.75) is 32.7 Å². The largest absolute Gasteiger partial charge is 0.337 e. The van der Waals surface area contributed by atoms with E-state index >= 15 is 0 Å². The van der Waals surface area contributed by atoms with E-state index in [0.717, 1.165) is 29.7 Å². The number of hydrogen-bond donors (Lipinski definition) is 1. The third-order valence-corrected chi connectivity index (χ3v) is 4.96. The van der Waals surface area contributed by atoms with Gasteiger partial charge < -0.3 is 15.1 Å². The molecule has 2 aromatic rings. The normalized spacial score (nSPS) is 15.3. The molecule has 2 amide bonds. The third kappa shape index (κ3) is 4.45. The van der Waals surface area contributed by atoms with Crippen LogP contribution in [0.15, 0.2) is 23.8 Å². The summed E-state index contributed by atoms with van der Waals surface area (Å²) in [6, 6.07) is 1.76. The number of urea groups is 1. The Hall–Kier alpha value is -2.22. The maximum atomic E-state index is 12.4. The number of hydrogen-bond acceptors (Lipinski definition) is 6. The van der Waals surface area contributed by atoms with E-state index in [1.54, 1.807) is 29.8 Å². The van der Waals surface area contributed by atoms with E-state index in [1.807, 2.05) is 4.90 Å². The molecule has 1 N–H and O–H groups in total. The van der Waals surface area contributed by atoms with Crippen LogP contribution in [0.2, 0.25) is 0 Å². The van der Waals surface area contributed by atoms with Crippen LogP contribution in [0.5, 0.6) is 0 Å². The van der Waals surface area contributed by atoms with Crippen molar-refractivity contribution >= 4 is 23.3 Å². The van der Waals surface area contributed by atoms with Gasteiger partial charge in [0.05, 0.1) is 12.2 Å². The van der Waals surface area contributed by atoms with E-state index in [-0.39, 0.29) is 11.4 Å². The third-order valence-electron chi connectivity index (χ3n) is 4.11. The van der Waals surface area contributed by atoms with Crippen molar-refractivity contribution in [1.29, 1.82) is 0 Å². The lowest BCUT2D eigenvalue weighted by Crippen LogP contribution is -2.52. The van der Waals surface area contributed by atoms with Gasteiger partial charge in [0.2, 0.25) is 5.95 Å². The standard InChI is InChI=1S/C17H24N6OS/c1-17(2,3)13-12-25-14(21-13)11-20-16(24)23-9-7-22(8-10-23)15-18-5-4-6-19-15/h4-6,12H,7-11H2,1-3H3,(H,20,24). The number of rotatable bonds is 3. The molecule has 7 nitrogen and oxygen atoms in total. The molecule has 1 fully saturated rings. The Labute approximate surface area is 152 Å². The molecule has 0 saturated carbocycles. The summed E-state index contributed by atoms with van der Waals surface area (Å²) in [7, 11) is 0. The van der Waals surface area contributed by atoms with Crippen LogP contribution in [0.1, 0.15) is 31.5 Å². The fourth-order valence-electron chi connectivity index (χ4n) is 2.56. The molecule has 134 valence electrons. The van der Waals surface area contributed by atoms with Crippen molar-refractivity contribution in [3.63, 3.8) is 0 Å². The van der Waals surface area contributed by atoms with Crippen molar-refractivity contribution in [3.05, 3.63) is 34.5 Å². The van der Waals surface area contributed by atoms with Crippen molar-refractivity contribution in [2.75, 3.05) is 31.1 Å². The van der Waals surface area contributed by atoms with Gasteiger partial charge in [-0.25, -0.2) is 19.7 Å². The van der Waals surface area contributed by atoms with Crippen molar-refractivity contribution < 1.29 is 4.79 Å². The molecular weight excluding hydrogens is 336 g/mol. The van der Waals surface area contributed by atoms with Crippen LogP contribution in [0.4, 0.5) is 10.7 Å². The number of thiazole rings is 1. The maximum Gasteiger partial charge on any atom is 0.317 e. The Morgan fingerprint density at radius 2 is 1.88 bits per heavy atom. The van der Waals surface area contributed by atoms with Gasteiger partial charge >= 0.3 is 6.03 Å². The van der Waals surface area contributed by atoms with Crippen LogP contribution in [0.25, 0.3) is 0 Å². The molecule has 0 bridgehead atoms. The van der Waals surface area contributed by atoms with E-state index in [9.17, 15) is 4.79 Å². The van der Waals surface area contributed by atoms with E-state index < -0.39 is 0 Å². The fraction of sp³-hybridized carbons (Fsp3) is 0.529. The zero-order valence-electron chi connectivity index (χ0n) is 14.9. The summed E-state index contributed by atoms with van der Waals surface area (Å²) in [6.45, 7) is 9.69. The molecule has 2 aromatic heterocycles. The lowest BCUT2D eigenvalue weighted by molar-refractivity contribution is 0.193. The van der Waals surface area contributed by atoms with Gasteiger partial charge in [0.15, 0.2) is 0 Å². The summed E-state index contributed by atoms with van der Waals surface area (Å²) >= 11 is 1.59. The van der Waals surface area contributed by atoms with E-state index in [0.29, 0.717) is 19.6 Å². The molecule has 25 heavy (non-hydrogen) atoms. The first-order valence-electron chi connectivity index (χ1n) is 8.43. The predicted molar refractivity (Wildman–Crippen MR) is 98.9 cm³/mol. The van der Waals surface area contributed by atoms with Crippen LogP contribution >= 0.6 is 11.3 Å². The van der Waals surface area contributed by atoms with Crippen molar-refractivity contribution in [3.8, 4) is 0 Å². The molecule has 0 unspecified atom stereocenters. The molecule has 1 aliphatic rings. The predicted octanol–water partition coefficient (Wildman–Crippen LogP) is 2.26. The minimum atomic E-state index is -0.0406. The molecule has 1 saturated heterocycles. The molecule has 0 aliphatic carbocycles. The van der Waals surface area contributed by atoms with Gasteiger partial charge in [-0.2, -0.15) is 0 Å². The Bertz CT molecular complexity index is 703. The Kier molecular flexibility index (Phi) is 5.17. The van der Waals surface area contributed by atoms with E-state index in [1.165, 1.54) is 0 Å². The summed E-state index contributed by atoms with van der Waals surface area (Å²) in [5.41, 5.74) is 1.10. The minimum absolute atomic E-state index is 0.0363. The molecule has 0 radical (unpaired) electrons. The molecule has 0 aromatic carbocycles. The van der Waals surface area contributed by atoms with Crippen LogP contribution in [-0.2, 0) is 12.0 Å². The summed E-state index contributed by atoms with van der Waals surface area (Å²) in [5, 5.41) is 5.98.